The molecule has 2 fully saturated rings. The summed E-state index contributed by atoms with van der Waals surface area (Å²) in [7, 11) is 0. The van der Waals surface area contributed by atoms with Crippen LogP contribution in [0.3, 0.4) is 0 Å². The average molecular weight is 250 g/mol. The molecule has 2 aliphatic rings. The van der Waals surface area contributed by atoms with Gasteiger partial charge >= 0.3 is 0 Å². The molecule has 2 rings (SSSR count). The molecular formula is C15H26N2O. The van der Waals surface area contributed by atoms with Gasteiger partial charge in [0.15, 0.2) is 0 Å². The van der Waals surface area contributed by atoms with E-state index >= 15 is 0 Å². The van der Waals surface area contributed by atoms with Crippen molar-refractivity contribution in [1.82, 2.24) is 4.90 Å². The first-order valence-electron chi connectivity index (χ1n) is 7.53. The lowest BCUT2D eigenvalue weighted by Crippen LogP contribution is -2.51. The molecule has 1 saturated carbocycles. The summed E-state index contributed by atoms with van der Waals surface area (Å²) in [5, 5.41) is 9.37. The molecule has 0 radical (unpaired) electrons. The highest BCUT2D eigenvalue weighted by Crippen LogP contribution is 2.34. The van der Waals surface area contributed by atoms with E-state index in [0.29, 0.717) is 12.1 Å². The fourth-order valence-corrected chi connectivity index (χ4v) is 3.45. The van der Waals surface area contributed by atoms with Gasteiger partial charge in [0, 0.05) is 19.1 Å². The largest absolute Gasteiger partial charge is 0.376 e. The van der Waals surface area contributed by atoms with Crippen molar-refractivity contribution in [3.05, 3.63) is 0 Å². The van der Waals surface area contributed by atoms with E-state index in [1.165, 1.54) is 19.3 Å². The highest BCUT2D eigenvalue weighted by Gasteiger charge is 2.35. The van der Waals surface area contributed by atoms with Gasteiger partial charge in [0.1, 0.15) is 0 Å². The van der Waals surface area contributed by atoms with Crippen molar-refractivity contribution in [3.63, 3.8) is 0 Å². The van der Waals surface area contributed by atoms with Crippen molar-refractivity contribution in [2.75, 3.05) is 19.7 Å². The third kappa shape index (κ3) is 3.05. The monoisotopic (exact) mass is 250 g/mol. The molecule has 1 aliphatic heterocycles. The summed E-state index contributed by atoms with van der Waals surface area (Å²) in [6, 6.07) is 3.02. The highest BCUT2D eigenvalue weighted by atomic mass is 16.5. The molecule has 18 heavy (non-hydrogen) atoms. The van der Waals surface area contributed by atoms with Crippen LogP contribution in [0.1, 0.15) is 46.0 Å². The molecule has 0 aromatic heterocycles. The van der Waals surface area contributed by atoms with E-state index in [4.69, 9.17) is 4.74 Å². The van der Waals surface area contributed by atoms with Gasteiger partial charge in [0.05, 0.1) is 24.7 Å². The first-order valence-corrected chi connectivity index (χ1v) is 7.53. The Bertz CT molecular complexity index is 299. The lowest BCUT2D eigenvalue weighted by atomic mass is 9.77. The molecule has 0 bridgehead atoms. The van der Waals surface area contributed by atoms with Crippen LogP contribution in [0.5, 0.6) is 0 Å². The third-order valence-corrected chi connectivity index (χ3v) is 4.76. The fourth-order valence-electron chi connectivity index (χ4n) is 3.45. The van der Waals surface area contributed by atoms with E-state index in [1.54, 1.807) is 0 Å². The van der Waals surface area contributed by atoms with Gasteiger partial charge in [-0.2, -0.15) is 5.26 Å². The quantitative estimate of drug-likeness (QED) is 0.773. The van der Waals surface area contributed by atoms with Gasteiger partial charge in [-0.3, -0.25) is 4.90 Å². The Balaban J connectivity index is 2.01. The van der Waals surface area contributed by atoms with Crippen molar-refractivity contribution < 1.29 is 4.74 Å². The molecule has 0 aromatic rings. The lowest BCUT2D eigenvalue weighted by Gasteiger charge is -2.43. The Hall–Kier alpha value is -0.590. The van der Waals surface area contributed by atoms with Crippen molar-refractivity contribution in [2.24, 2.45) is 11.8 Å². The molecular weight excluding hydrogens is 224 g/mol. The molecule has 3 heteroatoms. The Kier molecular flexibility index (Phi) is 5.03. The third-order valence-electron chi connectivity index (χ3n) is 4.76. The number of nitriles is 1. The van der Waals surface area contributed by atoms with Crippen LogP contribution in [0, 0.1) is 23.2 Å². The number of rotatable bonds is 3. The number of morpholine rings is 1. The molecule has 102 valence electrons. The van der Waals surface area contributed by atoms with E-state index < -0.39 is 0 Å². The van der Waals surface area contributed by atoms with Gasteiger partial charge in [-0.25, -0.2) is 0 Å². The van der Waals surface area contributed by atoms with Gasteiger partial charge in [0.2, 0.25) is 0 Å². The van der Waals surface area contributed by atoms with Crippen LogP contribution in [0.15, 0.2) is 0 Å². The highest BCUT2D eigenvalue weighted by molar-refractivity contribution is 4.98. The van der Waals surface area contributed by atoms with Crippen LogP contribution in [0.25, 0.3) is 0 Å². The maximum absolute atomic E-state index is 9.37. The molecule has 0 aromatic carbocycles. The lowest BCUT2D eigenvalue weighted by molar-refractivity contribution is -0.0583. The van der Waals surface area contributed by atoms with E-state index in [-0.39, 0.29) is 5.92 Å². The van der Waals surface area contributed by atoms with Crippen LogP contribution >= 0.6 is 0 Å². The first kappa shape index (κ1) is 13.8. The fraction of sp³-hybridized carbons (Fsp3) is 0.933. The van der Waals surface area contributed by atoms with E-state index in [0.717, 1.165) is 38.5 Å². The maximum Gasteiger partial charge on any atom is 0.0700 e. The van der Waals surface area contributed by atoms with E-state index in [9.17, 15) is 5.26 Å². The normalized spacial score (nSPS) is 38.3. The molecule has 3 nitrogen and oxygen atoms in total. The van der Waals surface area contributed by atoms with Gasteiger partial charge in [-0.15, -0.1) is 0 Å². The summed E-state index contributed by atoms with van der Waals surface area (Å²) < 4.78 is 5.75. The number of hydrogen-bond acceptors (Lipinski definition) is 3. The zero-order valence-corrected chi connectivity index (χ0v) is 11.8. The summed E-state index contributed by atoms with van der Waals surface area (Å²) in [6.45, 7) is 7.34. The zero-order valence-electron chi connectivity index (χ0n) is 11.8. The molecule has 1 saturated heterocycles. The standard InChI is InChI=1S/C15H26N2O/c1-3-12-5-6-13(10-16)15(9-12)17-7-8-18-14(4-2)11-17/h12-15H,3-9,11H2,1-2H3. The molecule has 0 spiro atoms. The Labute approximate surface area is 111 Å². The Morgan fingerprint density at radius 3 is 2.78 bits per heavy atom. The van der Waals surface area contributed by atoms with Crippen molar-refractivity contribution in [2.45, 2.75) is 58.1 Å². The topological polar surface area (TPSA) is 36.3 Å². The van der Waals surface area contributed by atoms with Crippen LogP contribution in [0.2, 0.25) is 0 Å². The second-order valence-electron chi connectivity index (χ2n) is 5.79. The predicted octanol–water partition coefficient (Wildman–Crippen LogP) is 2.82. The van der Waals surface area contributed by atoms with Crippen LogP contribution in [-0.2, 0) is 4.74 Å². The summed E-state index contributed by atoms with van der Waals surface area (Å²) in [6.07, 6.45) is 6.26. The van der Waals surface area contributed by atoms with Crippen LogP contribution in [0.4, 0.5) is 0 Å². The number of hydrogen-bond donors (Lipinski definition) is 0. The summed E-state index contributed by atoms with van der Waals surface area (Å²) in [5.41, 5.74) is 0. The van der Waals surface area contributed by atoms with Crippen molar-refractivity contribution >= 4 is 0 Å². The smallest absolute Gasteiger partial charge is 0.0700 e. The van der Waals surface area contributed by atoms with Gasteiger partial charge < -0.3 is 4.74 Å². The second-order valence-corrected chi connectivity index (χ2v) is 5.79. The minimum Gasteiger partial charge on any atom is -0.376 e. The molecule has 0 amide bonds. The molecule has 4 atom stereocenters. The number of nitrogens with zero attached hydrogens (tertiary/aromatic N) is 2. The number of ether oxygens (including phenoxy) is 1. The van der Waals surface area contributed by atoms with Crippen LogP contribution < -0.4 is 0 Å². The Morgan fingerprint density at radius 2 is 2.11 bits per heavy atom. The predicted molar refractivity (Wildman–Crippen MR) is 72.1 cm³/mol. The van der Waals surface area contributed by atoms with E-state index in [1.807, 2.05) is 0 Å². The second kappa shape index (κ2) is 6.54. The van der Waals surface area contributed by atoms with Gasteiger partial charge in [0.25, 0.3) is 0 Å². The molecule has 1 heterocycles. The Morgan fingerprint density at radius 1 is 1.28 bits per heavy atom. The summed E-state index contributed by atoms with van der Waals surface area (Å²) in [5.74, 6) is 1.06. The summed E-state index contributed by atoms with van der Waals surface area (Å²) >= 11 is 0. The van der Waals surface area contributed by atoms with Crippen molar-refractivity contribution in [3.8, 4) is 6.07 Å². The average Bonchev–Trinajstić information content (AvgIpc) is 2.46. The first-order chi connectivity index (χ1) is 8.78. The van der Waals surface area contributed by atoms with Crippen LogP contribution in [-0.4, -0.2) is 36.7 Å². The molecule has 4 unspecified atom stereocenters. The minimum absolute atomic E-state index is 0.239. The molecule has 0 N–H and O–H groups in total. The zero-order chi connectivity index (χ0) is 13.0. The molecule has 1 aliphatic carbocycles. The summed E-state index contributed by atoms with van der Waals surface area (Å²) in [4.78, 5) is 2.54. The SMILES string of the molecule is CCC1CCC(C#N)C(N2CCOC(CC)C2)C1. The maximum atomic E-state index is 9.37. The van der Waals surface area contributed by atoms with Crippen molar-refractivity contribution in [1.29, 1.82) is 5.26 Å². The van der Waals surface area contributed by atoms with E-state index in [2.05, 4.69) is 24.8 Å². The minimum atomic E-state index is 0.239. The van der Waals surface area contributed by atoms with Gasteiger partial charge in [-0.1, -0.05) is 20.3 Å². The van der Waals surface area contributed by atoms with Gasteiger partial charge in [-0.05, 0) is 31.6 Å².